The van der Waals surface area contributed by atoms with E-state index < -0.39 is 37.1 Å². The Labute approximate surface area is 103 Å². The molecule has 0 N–H and O–H groups in total. The van der Waals surface area contributed by atoms with Gasteiger partial charge in [0.1, 0.15) is 0 Å². The number of ether oxygens (including phenoxy) is 4. The van der Waals surface area contributed by atoms with Gasteiger partial charge in [0.2, 0.25) is 0 Å². The minimum absolute atomic E-state index is 0.253. The lowest BCUT2D eigenvalue weighted by Gasteiger charge is -2.04. The van der Waals surface area contributed by atoms with E-state index in [4.69, 9.17) is 0 Å². The van der Waals surface area contributed by atoms with Crippen molar-refractivity contribution in [2.24, 2.45) is 0 Å². The minimum atomic E-state index is -0.740. The third kappa shape index (κ3) is 8.08. The van der Waals surface area contributed by atoms with Gasteiger partial charge in [-0.1, -0.05) is 0 Å². The van der Waals surface area contributed by atoms with Crippen LogP contribution in [0, 0.1) is 0 Å². The second kappa shape index (κ2) is 8.97. The number of hydrogen-bond acceptors (Lipinski definition) is 8. The average molecular weight is 262 g/mol. The predicted octanol–water partition coefficient (Wildman–Crippen LogP) is -0.801. The summed E-state index contributed by atoms with van der Waals surface area (Å²) in [5, 5.41) is 0. The molecule has 0 fully saturated rings. The summed E-state index contributed by atoms with van der Waals surface area (Å²) < 4.78 is 17.4. The molecule has 0 aliphatic rings. The Hall–Kier alpha value is -2.12. The van der Waals surface area contributed by atoms with E-state index >= 15 is 0 Å². The van der Waals surface area contributed by atoms with Crippen LogP contribution in [0.2, 0.25) is 0 Å². The second-order valence-corrected chi connectivity index (χ2v) is 2.97. The van der Waals surface area contributed by atoms with Crippen molar-refractivity contribution in [1.29, 1.82) is 0 Å². The smallest absolute Gasteiger partial charge is 0.344 e. The van der Waals surface area contributed by atoms with E-state index in [1.807, 2.05) is 0 Å². The topological polar surface area (TPSA) is 105 Å². The van der Waals surface area contributed by atoms with Crippen LogP contribution in [-0.4, -0.2) is 51.3 Å². The summed E-state index contributed by atoms with van der Waals surface area (Å²) in [6, 6.07) is 0. The molecular weight excluding hydrogens is 248 g/mol. The first kappa shape index (κ1) is 15.9. The van der Waals surface area contributed by atoms with E-state index in [1.54, 1.807) is 0 Å². The summed E-state index contributed by atoms with van der Waals surface area (Å²) in [6.45, 7) is -1.01. The monoisotopic (exact) mass is 262 g/mol. The summed E-state index contributed by atoms with van der Waals surface area (Å²) >= 11 is 0. The molecule has 102 valence electrons. The molecule has 0 unspecified atom stereocenters. The molecule has 0 radical (unpaired) electrons. The van der Waals surface area contributed by atoms with Crippen molar-refractivity contribution in [3.05, 3.63) is 0 Å². The molecule has 0 rings (SSSR count). The third-order valence-corrected chi connectivity index (χ3v) is 1.69. The fraction of sp³-hybridized carbons (Fsp3) is 0.600. The Kier molecular flexibility index (Phi) is 7.91. The van der Waals surface area contributed by atoms with E-state index in [0.29, 0.717) is 0 Å². The Morgan fingerprint density at radius 3 is 1.28 bits per heavy atom. The zero-order valence-electron chi connectivity index (χ0n) is 10.1. The maximum absolute atomic E-state index is 11.0. The van der Waals surface area contributed by atoms with Gasteiger partial charge in [-0.05, 0) is 0 Å². The Morgan fingerprint density at radius 1 is 0.667 bits per heavy atom. The summed E-state index contributed by atoms with van der Waals surface area (Å²) in [4.78, 5) is 43.3. The van der Waals surface area contributed by atoms with Crippen LogP contribution < -0.4 is 0 Å². The largest absolute Gasteiger partial charge is 0.466 e. The van der Waals surface area contributed by atoms with Crippen LogP contribution in [0.3, 0.4) is 0 Å². The summed E-state index contributed by atoms with van der Waals surface area (Å²) in [5.41, 5.74) is 0. The van der Waals surface area contributed by atoms with Gasteiger partial charge in [-0.2, -0.15) is 0 Å². The molecule has 0 bridgehead atoms. The van der Waals surface area contributed by atoms with Crippen LogP contribution in [0.4, 0.5) is 0 Å². The van der Waals surface area contributed by atoms with Gasteiger partial charge < -0.3 is 18.9 Å². The molecule has 0 saturated heterocycles. The van der Waals surface area contributed by atoms with Crippen molar-refractivity contribution in [1.82, 2.24) is 0 Å². The Bertz CT molecular complexity index is 290. The molecule has 0 saturated carbocycles. The summed E-state index contributed by atoms with van der Waals surface area (Å²) in [7, 11) is 2.31. The van der Waals surface area contributed by atoms with Crippen LogP contribution in [-0.2, 0) is 38.1 Å². The molecular formula is C10H14O8. The van der Waals surface area contributed by atoms with Gasteiger partial charge in [0.25, 0.3) is 0 Å². The van der Waals surface area contributed by atoms with E-state index in [-0.39, 0.29) is 12.8 Å². The second-order valence-electron chi connectivity index (χ2n) is 2.97. The first-order chi connectivity index (χ1) is 8.49. The average Bonchev–Trinajstić information content (AvgIpc) is 2.39. The quantitative estimate of drug-likeness (QED) is 0.433. The molecule has 8 nitrogen and oxygen atoms in total. The normalized spacial score (nSPS) is 9.22. The van der Waals surface area contributed by atoms with E-state index in [2.05, 4.69) is 18.9 Å². The van der Waals surface area contributed by atoms with Crippen molar-refractivity contribution < 1.29 is 38.1 Å². The van der Waals surface area contributed by atoms with Gasteiger partial charge >= 0.3 is 23.9 Å². The van der Waals surface area contributed by atoms with Gasteiger partial charge in [0.05, 0.1) is 27.1 Å². The van der Waals surface area contributed by atoms with Crippen molar-refractivity contribution in [3.8, 4) is 0 Å². The van der Waals surface area contributed by atoms with Crippen LogP contribution in [0.15, 0.2) is 0 Å². The number of carbonyl (C=O) groups excluding carboxylic acids is 4. The van der Waals surface area contributed by atoms with Crippen LogP contribution in [0.1, 0.15) is 12.8 Å². The van der Waals surface area contributed by atoms with E-state index in [0.717, 1.165) is 14.2 Å². The molecule has 0 aromatic carbocycles. The molecule has 0 heterocycles. The molecule has 0 aromatic heterocycles. The fourth-order valence-corrected chi connectivity index (χ4v) is 0.745. The number of carbonyl (C=O) groups is 4. The molecule has 18 heavy (non-hydrogen) atoms. The first-order valence-corrected chi connectivity index (χ1v) is 4.94. The van der Waals surface area contributed by atoms with Gasteiger partial charge in [0.15, 0.2) is 13.2 Å². The zero-order valence-corrected chi connectivity index (χ0v) is 10.1. The molecule has 8 heteroatoms. The summed E-state index contributed by atoms with van der Waals surface area (Å²) in [6.07, 6.45) is -0.506. The number of methoxy groups -OCH3 is 2. The highest BCUT2D eigenvalue weighted by Gasteiger charge is 2.12. The zero-order chi connectivity index (χ0) is 14.0. The lowest BCUT2D eigenvalue weighted by atomic mass is 10.3. The Morgan fingerprint density at radius 2 is 1.00 bits per heavy atom. The van der Waals surface area contributed by atoms with Gasteiger partial charge in [-0.25, -0.2) is 9.59 Å². The number of rotatable bonds is 7. The number of esters is 4. The van der Waals surface area contributed by atoms with Gasteiger partial charge in [0, 0.05) is 0 Å². The van der Waals surface area contributed by atoms with E-state index in [9.17, 15) is 19.2 Å². The van der Waals surface area contributed by atoms with Gasteiger partial charge in [-0.15, -0.1) is 0 Å². The highest BCUT2D eigenvalue weighted by atomic mass is 16.6. The molecule has 0 aromatic rings. The van der Waals surface area contributed by atoms with Crippen molar-refractivity contribution in [2.75, 3.05) is 27.4 Å². The lowest BCUT2D eigenvalue weighted by molar-refractivity contribution is -0.160. The maximum atomic E-state index is 11.0. The van der Waals surface area contributed by atoms with E-state index in [1.165, 1.54) is 0 Å². The predicted molar refractivity (Wildman–Crippen MR) is 55.2 cm³/mol. The summed E-state index contributed by atoms with van der Waals surface area (Å²) in [5.74, 6) is -2.88. The highest BCUT2D eigenvalue weighted by Crippen LogP contribution is 1.96. The van der Waals surface area contributed by atoms with Gasteiger partial charge in [-0.3, -0.25) is 9.59 Å². The van der Waals surface area contributed by atoms with Crippen LogP contribution in [0.5, 0.6) is 0 Å². The minimum Gasteiger partial charge on any atom is -0.466 e. The Balaban J connectivity index is 3.68. The highest BCUT2D eigenvalue weighted by molar-refractivity contribution is 5.81. The van der Waals surface area contributed by atoms with Crippen molar-refractivity contribution in [2.45, 2.75) is 12.8 Å². The molecule has 0 aliphatic carbocycles. The van der Waals surface area contributed by atoms with Crippen LogP contribution >= 0.6 is 0 Å². The maximum Gasteiger partial charge on any atom is 0.344 e. The third-order valence-electron chi connectivity index (χ3n) is 1.69. The first-order valence-electron chi connectivity index (χ1n) is 4.94. The molecule has 0 amide bonds. The SMILES string of the molecule is COC(=O)COC(=O)CCC(=O)OCC(=O)OC. The molecule has 0 spiro atoms. The van der Waals surface area contributed by atoms with Crippen LogP contribution in [0.25, 0.3) is 0 Å². The number of hydrogen-bond donors (Lipinski definition) is 0. The molecule has 0 aliphatic heterocycles. The van der Waals surface area contributed by atoms with Crippen molar-refractivity contribution in [3.63, 3.8) is 0 Å². The van der Waals surface area contributed by atoms with Crippen molar-refractivity contribution >= 4 is 23.9 Å². The molecule has 0 atom stereocenters. The fourth-order valence-electron chi connectivity index (χ4n) is 0.745. The standard InChI is InChI=1S/C10H14O8/c1-15-9(13)5-17-7(11)3-4-8(12)18-6-10(14)16-2/h3-6H2,1-2H3. The lowest BCUT2D eigenvalue weighted by Crippen LogP contribution is -2.18.